The van der Waals surface area contributed by atoms with Crippen molar-refractivity contribution in [2.75, 3.05) is 36.8 Å². The predicted molar refractivity (Wildman–Crippen MR) is 120 cm³/mol. The van der Waals surface area contributed by atoms with Crippen molar-refractivity contribution in [2.24, 2.45) is 5.92 Å². The molecule has 9 nitrogen and oxygen atoms in total. The van der Waals surface area contributed by atoms with Gasteiger partial charge in [-0.1, -0.05) is 18.2 Å². The van der Waals surface area contributed by atoms with Crippen LogP contribution in [0, 0.1) is 5.92 Å². The fraction of sp³-hybridized carbons (Fsp3) is 0.333. The van der Waals surface area contributed by atoms with Crippen molar-refractivity contribution >= 4 is 35.0 Å². The topological polar surface area (TPSA) is 104 Å². The molecule has 2 aliphatic heterocycles. The van der Waals surface area contributed by atoms with Gasteiger partial charge in [0, 0.05) is 18.3 Å². The first-order valence-corrected chi connectivity index (χ1v) is 10.9. The number of amides is 2. The molecule has 164 valence electrons. The second-order valence-electron chi connectivity index (χ2n) is 7.10. The number of anilines is 2. The lowest BCUT2D eigenvalue weighted by atomic mass is 10.0. The Morgan fingerprint density at radius 3 is 2.84 bits per heavy atom. The molecule has 0 saturated carbocycles. The zero-order valence-corrected chi connectivity index (χ0v) is 18.1. The molecule has 0 radical (unpaired) electrons. The van der Waals surface area contributed by atoms with Crippen LogP contribution in [0.25, 0.3) is 0 Å². The summed E-state index contributed by atoms with van der Waals surface area (Å²) in [5, 5.41) is 11.1. The van der Waals surface area contributed by atoms with Gasteiger partial charge in [-0.25, -0.2) is 5.43 Å². The SMILES string of the molecule is COc1cccc(NC(=O)CSC2NC(=O)C3CNN(c4ccccc4OC)C3N2)c1. The van der Waals surface area contributed by atoms with Gasteiger partial charge in [0.15, 0.2) is 0 Å². The zero-order chi connectivity index (χ0) is 21.8. The Morgan fingerprint density at radius 1 is 1.19 bits per heavy atom. The summed E-state index contributed by atoms with van der Waals surface area (Å²) in [4.78, 5) is 25.0. The molecule has 2 aromatic carbocycles. The number of carbonyl (C=O) groups is 2. The van der Waals surface area contributed by atoms with Crippen molar-refractivity contribution in [2.45, 2.75) is 11.7 Å². The maximum absolute atomic E-state index is 12.6. The summed E-state index contributed by atoms with van der Waals surface area (Å²) in [5.41, 5.74) is 4.38. The number of nitrogens with zero attached hydrogens (tertiary/aromatic N) is 1. The number of methoxy groups -OCH3 is 2. The minimum atomic E-state index is -0.401. The molecular formula is C21H25N5O4S. The Hall–Kier alpha value is -2.95. The summed E-state index contributed by atoms with van der Waals surface area (Å²) >= 11 is 1.32. The largest absolute Gasteiger partial charge is 0.497 e. The van der Waals surface area contributed by atoms with E-state index in [1.165, 1.54) is 11.8 Å². The molecular weight excluding hydrogens is 418 g/mol. The summed E-state index contributed by atoms with van der Waals surface area (Å²) in [6.07, 6.45) is -0.260. The van der Waals surface area contributed by atoms with Crippen LogP contribution >= 0.6 is 11.8 Å². The van der Waals surface area contributed by atoms with Crippen molar-refractivity contribution in [3.05, 3.63) is 48.5 Å². The number of thioether (sulfide) groups is 1. The average molecular weight is 444 g/mol. The third-order valence-corrected chi connectivity index (χ3v) is 6.17. The van der Waals surface area contributed by atoms with E-state index in [9.17, 15) is 9.59 Å². The van der Waals surface area contributed by atoms with Crippen LogP contribution in [0.4, 0.5) is 11.4 Å². The smallest absolute Gasteiger partial charge is 0.234 e. The van der Waals surface area contributed by atoms with Crippen molar-refractivity contribution in [3.63, 3.8) is 0 Å². The quantitative estimate of drug-likeness (QED) is 0.509. The number of para-hydroxylation sites is 2. The molecule has 4 rings (SSSR count). The maximum atomic E-state index is 12.6. The number of hydrazine groups is 1. The van der Waals surface area contributed by atoms with E-state index in [4.69, 9.17) is 9.47 Å². The molecule has 0 aliphatic carbocycles. The number of carbonyl (C=O) groups excluding carboxylic acids is 2. The molecule has 2 heterocycles. The van der Waals surface area contributed by atoms with E-state index in [1.54, 1.807) is 26.4 Å². The van der Waals surface area contributed by atoms with E-state index in [0.717, 1.165) is 5.69 Å². The Kier molecular flexibility index (Phi) is 6.50. The van der Waals surface area contributed by atoms with Crippen LogP contribution in [0.5, 0.6) is 11.5 Å². The molecule has 0 spiro atoms. The highest BCUT2D eigenvalue weighted by atomic mass is 32.2. The molecule has 31 heavy (non-hydrogen) atoms. The lowest BCUT2D eigenvalue weighted by Crippen LogP contribution is -2.63. The third-order valence-electron chi connectivity index (χ3n) is 5.15. The number of fused-ring (bicyclic) bond motifs is 1. The Morgan fingerprint density at radius 2 is 2.03 bits per heavy atom. The Bertz CT molecular complexity index is 959. The van der Waals surface area contributed by atoms with Crippen LogP contribution < -0.4 is 35.9 Å². The maximum Gasteiger partial charge on any atom is 0.234 e. The fourth-order valence-electron chi connectivity index (χ4n) is 3.66. The van der Waals surface area contributed by atoms with Gasteiger partial charge in [-0.3, -0.25) is 19.9 Å². The van der Waals surface area contributed by atoms with Crippen LogP contribution in [0.1, 0.15) is 0 Å². The van der Waals surface area contributed by atoms with E-state index < -0.39 is 5.50 Å². The van der Waals surface area contributed by atoms with Gasteiger partial charge in [0.1, 0.15) is 23.2 Å². The fourth-order valence-corrected chi connectivity index (χ4v) is 4.48. The van der Waals surface area contributed by atoms with Crippen molar-refractivity contribution in [1.82, 2.24) is 16.1 Å². The number of rotatable bonds is 7. The summed E-state index contributed by atoms with van der Waals surface area (Å²) < 4.78 is 10.6. The summed E-state index contributed by atoms with van der Waals surface area (Å²) in [7, 11) is 3.20. The molecule has 2 amide bonds. The second kappa shape index (κ2) is 9.46. The van der Waals surface area contributed by atoms with Gasteiger partial charge in [-0.05, 0) is 24.3 Å². The molecule has 0 bridgehead atoms. The number of hydrogen-bond donors (Lipinski definition) is 4. The number of hydrogen-bond acceptors (Lipinski definition) is 8. The summed E-state index contributed by atoms with van der Waals surface area (Å²) in [5.74, 6) is 1.08. The second-order valence-corrected chi connectivity index (χ2v) is 8.20. The highest BCUT2D eigenvalue weighted by Crippen LogP contribution is 2.33. The van der Waals surface area contributed by atoms with Crippen LogP contribution in [0.15, 0.2) is 48.5 Å². The van der Waals surface area contributed by atoms with E-state index in [2.05, 4.69) is 21.4 Å². The number of nitrogens with one attached hydrogen (secondary N) is 4. The third kappa shape index (κ3) is 4.71. The van der Waals surface area contributed by atoms with Crippen molar-refractivity contribution in [1.29, 1.82) is 0 Å². The van der Waals surface area contributed by atoms with Crippen LogP contribution in [-0.2, 0) is 9.59 Å². The zero-order valence-electron chi connectivity index (χ0n) is 17.3. The Balaban J connectivity index is 1.38. The van der Waals surface area contributed by atoms with Gasteiger partial charge < -0.3 is 20.1 Å². The molecule has 10 heteroatoms. The lowest BCUT2D eigenvalue weighted by Gasteiger charge is -2.37. The van der Waals surface area contributed by atoms with E-state index in [-0.39, 0.29) is 29.7 Å². The molecule has 3 atom stereocenters. The van der Waals surface area contributed by atoms with Gasteiger partial charge in [-0.2, -0.15) is 0 Å². The normalized spacial score (nSPS) is 22.5. The molecule has 2 saturated heterocycles. The van der Waals surface area contributed by atoms with E-state index in [1.807, 2.05) is 41.4 Å². The van der Waals surface area contributed by atoms with Gasteiger partial charge >= 0.3 is 0 Å². The molecule has 2 aliphatic rings. The standard InChI is InChI=1S/C21H25N5O4S/c1-29-14-7-5-6-13(10-14)23-18(27)12-31-21-24-19-15(20(28)25-21)11-22-26(19)16-8-3-4-9-17(16)30-2/h3-10,15,19,21-22,24H,11-12H2,1-2H3,(H,23,27)(H,25,28). The Labute approximate surface area is 184 Å². The lowest BCUT2D eigenvalue weighted by molar-refractivity contribution is -0.127. The first-order chi connectivity index (χ1) is 15.1. The summed E-state index contributed by atoms with van der Waals surface area (Å²) in [6.45, 7) is 0.509. The molecule has 0 aromatic heterocycles. The van der Waals surface area contributed by atoms with Gasteiger partial charge in [0.25, 0.3) is 0 Å². The summed E-state index contributed by atoms with van der Waals surface area (Å²) in [6, 6.07) is 14.8. The van der Waals surface area contributed by atoms with Crippen molar-refractivity contribution in [3.8, 4) is 11.5 Å². The molecule has 4 N–H and O–H groups in total. The molecule has 3 unspecified atom stereocenters. The van der Waals surface area contributed by atoms with E-state index in [0.29, 0.717) is 23.7 Å². The average Bonchev–Trinajstić information content (AvgIpc) is 3.22. The number of benzene rings is 2. The highest BCUT2D eigenvalue weighted by molar-refractivity contribution is 8.00. The minimum Gasteiger partial charge on any atom is -0.497 e. The predicted octanol–water partition coefficient (Wildman–Crippen LogP) is 1.35. The minimum absolute atomic E-state index is 0.0562. The monoisotopic (exact) mass is 443 g/mol. The van der Waals surface area contributed by atoms with Gasteiger partial charge in [-0.15, -0.1) is 11.8 Å². The molecule has 2 aromatic rings. The van der Waals surface area contributed by atoms with E-state index >= 15 is 0 Å². The molecule has 2 fully saturated rings. The van der Waals surface area contributed by atoms with Gasteiger partial charge in [0.05, 0.1) is 31.6 Å². The van der Waals surface area contributed by atoms with Gasteiger partial charge in [0.2, 0.25) is 11.8 Å². The van der Waals surface area contributed by atoms with Crippen molar-refractivity contribution < 1.29 is 19.1 Å². The first-order valence-electron chi connectivity index (χ1n) is 9.86. The van der Waals surface area contributed by atoms with Crippen LogP contribution in [-0.4, -0.2) is 50.0 Å². The number of ether oxygens (including phenoxy) is 2. The van der Waals surface area contributed by atoms with Crippen LogP contribution in [0.2, 0.25) is 0 Å². The van der Waals surface area contributed by atoms with Crippen LogP contribution in [0.3, 0.4) is 0 Å². The first kappa shape index (κ1) is 21.3. The highest BCUT2D eigenvalue weighted by Gasteiger charge is 2.44.